The van der Waals surface area contributed by atoms with Crippen molar-refractivity contribution in [1.82, 2.24) is 0 Å². The molecule has 7 atom stereocenters. The largest absolute Gasteiger partial charge is 0.396 e. The Morgan fingerprint density at radius 3 is 2.45 bits per heavy atom. The van der Waals surface area contributed by atoms with E-state index in [9.17, 15) is 20.4 Å². The van der Waals surface area contributed by atoms with Crippen LogP contribution in [0.1, 0.15) is 13.3 Å². The first-order valence-electron chi connectivity index (χ1n) is 6.75. The summed E-state index contributed by atoms with van der Waals surface area (Å²) in [7, 11) is 0. The third-order valence-corrected chi connectivity index (χ3v) is 3.66. The number of nitrogens with two attached hydrogens (primary N) is 1. The summed E-state index contributed by atoms with van der Waals surface area (Å²) in [5.41, 5.74) is 5.73. The maximum Gasteiger partial charge on any atom is 0.109 e. The average molecular weight is 291 g/mol. The minimum atomic E-state index is -1.37. The van der Waals surface area contributed by atoms with E-state index in [2.05, 4.69) is 0 Å². The third-order valence-electron chi connectivity index (χ3n) is 3.66. The number of rotatable bonds is 6. The number of ether oxygens (including phenoxy) is 1. The van der Waals surface area contributed by atoms with Crippen molar-refractivity contribution < 1.29 is 30.3 Å². The van der Waals surface area contributed by atoms with Gasteiger partial charge in [0.2, 0.25) is 0 Å². The van der Waals surface area contributed by atoms with E-state index in [1.54, 1.807) is 13.0 Å². The highest BCUT2D eigenvalue weighted by Gasteiger charge is 2.43. The Kier molecular flexibility index (Phi) is 7.04. The van der Waals surface area contributed by atoms with Gasteiger partial charge in [0.15, 0.2) is 0 Å². The molecule has 0 aromatic heterocycles. The maximum atomic E-state index is 9.84. The molecule has 1 fully saturated rings. The van der Waals surface area contributed by atoms with Gasteiger partial charge >= 0.3 is 0 Å². The highest BCUT2D eigenvalue weighted by atomic mass is 16.5. The molecule has 7 heteroatoms. The van der Waals surface area contributed by atoms with Gasteiger partial charge in [0.25, 0.3) is 0 Å². The van der Waals surface area contributed by atoms with E-state index in [4.69, 9.17) is 15.6 Å². The summed E-state index contributed by atoms with van der Waals surface area (Å²) in [5.74, 6) is -0.560. The number of allylic oxidation sites excluding steroid dienone is 1. The lowest BCUT2D eigenvalue weighted by molar-refractivity contribution is -0.179. The van der Waals surface area contributed by atoms with E-state index in [0.29, 0.717) is 0 Å². The lowest BCUT2D eigenvalue weighted by Gasteiger charge is -2.40. The summed E-state index contributed by atoms with van der Waals surface area (Å²) in [6.07, 6.45) is -2.00. The molecular formula is C13H25NO6. The summed E-state index contributed by atoms with van der Waals surface area (Å²) in [4.78, 5) is 0. The fourth-order valence-electron chi connectivity index (χ4n) is 2.30. The van der Waals surface area contributed by atoms with Crippen LogP contribution in [0.15, 0.2) is 12.2 Å². The molecule has 0 saturated heterocycles. The number of aliphatic hydroxyl groups is 5. The fourth-order valence-corrected chi connectivity index (χ4v) is 2.30. The number of hydrogen-bond acceptors (Lipinski definition) is 7. The zero-order valence-corrected chi connectivity index (χ0v) is 11.5. The first kappa shape index (κ1) is 17.5. The molecule has 118 valence electrons. The smallest absolute Gasteiger partial charge is 0.109 e. The van der Waals surface area contributed by atoms with Crippen LogP contribution in [-0.4, -0.2) is 75.3 Å². The van der Waals surface area contributed by atoms with E-state index in [-0.39, 0.29) is 19.6 Å². The molecule has 0 bridgehead atoms. The van der Waals surface area contributed by atoms with Crippen LogP contribution in [0.4, 0.5) is 0 Å². The van der Waals surface area contributed by atoms with Crippen LogP contribution >= 0.6 is 0 Å². The molecule has 0 amide bonds. The normalized spacial score (nSPS) is 38.0. The van der Waals surface area contributed by atoms with Crippen molar-refractivity contribution in [1.29, 1.82) is 0 Å². The molecule has 1 rings (SSSR count). The van der Waals surface area contributed by atoms with E-state index in [1.165, 1.54) is 6.08 Å². The Labute approximate surface area is 118 Å². The van der Waals surface area contributed by atoms with Gasteiger partial charge in [0.05, 0.1) is 31.0 Å². The molecular weight excluding hydrogens is 266 g/mol. The van der Waals surface area contributed by atoms with Gasteiger partial charge in [-0.2, -0.15) is 0 Å². The molecule has 1 aliphatic carbocycles. The van der Waals surface area contributed by atoms with Gasteiger partial charge in [-0.25, -0.2) is 0 Å². The summed E-state index contributed by atoms with van der Waals surface area (Å²) in [5, 5.41) is 48.0. The van der Waals surface area contributed by atoms with Gasteiger partial charge in [-0.1, -0.05) is 12.2 Å². The topological polar surface area (TPSA) is 136 Å². The highest BCUT2D eigenvalue weighted by molar-refractivity contribution is 4.95. The molecule has 0 aromatic carbocycles. The zero-order valence-electron chi connectivity index (χ0n) is 11.5. The van der Waals surface area contributed by atoms with E-state index >= 15 is 0 Å². The first-order valence-corrected chi connectivity index (χ1v) is 6.75. The predicted octanol–water partition coefficient (Wildman–Crippen LogP) is -2.27. The third kappa shape index (κ3) is 4.23. The van der Waals surface area contributed by atoms with Crippen LogP contribution in [-0.2, 0) is 4.74 Å². The molecule has 1 aliphatic rings. The van der Waals surface area contributed by atoms with Gasteiger partial charge in [0.1, 0.15) is 12.2 Å². The Morgan fingerprint density at radius 1 is 1.25 bits per heavy atom. The van der Waals surface area contributed by atoms with Crippen molar-refractivity contribution in [3.63, 3.8) is 0 Å². The van der Waals surface area contributed by atoms with Crippen LogP contribution in [0.2, 0.25) is 0 Å². The fraction of sp³-hybridized carbons (Fsp3) is 0.846. The Bertz CT molecular complexity index is 311. The number of aliphatic hydroxyl groups excluding tert-OH is 5. The van der Waals surface area contributed by atoms with E-state index < -0.39 is 42.5 Å². The monoisotopic (exact) mass is 291 g/mol. The standard InChI is InChI=1S/C13H25NO6/c1-2-3-9(16)8(14)6-20-10-4-7(5-15)11(17)13(19)12(10)18/h2-3,7-13,15-19H,4-6,14H2,1H3/b3-2+/t7?,8-,9+,10+,11+,12?,13-/m0/s1. The molecule has 7 N–H and O–H groups in total. The Hall–Kier alpha value is -0.540. The minimum absolute atomic E-state index is 0.00576. The van der Waals surface area contributed by atoms with Crippen molar-refractivity contribution in [2.24, 2.45) is 11.7 Å². The lowest BCUT2D eigenvalue weighted by Crippen LogP contribution is -2.56. The van der Waals surface area contributed by atoms with Crippen LogP contribution < -0.4 is 5.73 Å². The summed E-state index contributed by atoms with van der Waals surface area (Å²) in [6.45, 7) is 1.44. The molecule has 0 heterocycles. The second-order valence-corrected chi connectivity index (χ2v) is 5.20. The molecule has 0 aromatic rings. The summed E-state index contributed by atoms with van der Waals surface area (Å²) in [6, 6.07) is -0.657. The molecule has 0 aliphatic heterocycles. The van der Waals surface area contributed by atoms with Gasteiger partial charge in [-0.05, 0) is 13.3 Å². The van der Waals surface area contributed by atoms with Crippen molar-refractivity contribution in [2.45, 2.75) is 49.9 Å². The minimum Gasteiger partial charge on any atom is -0.396 e. The van der Waals surface area contributed by atoms with Crippen LogP contribution in [0.5, 0.6) is 0 Å². The first-order chi connectivity index (χ1) is 9.42. The van der Waals surface area contributed by atoms with Crippen molar-refractivity contribution >= 4 is 0 Å². The van der Waals surface area contributed by atoms with E-state index in [1.807, 2.05) is 0 Å². The molecule has 7 nitrogen and oxygen atoms in total. The van der Waals surface area contributed by atoms with Gasteiger partial charge in [-0.15, -0.1) is 0 Å². The Morgan fingerprint density at radius 2 is 1.90 bits per heavy atom. The zero-order chi connectivity index (χ0) is 15.3. The molecule has 1 saturated carbocycles. The van der Waals surface area contributed by atoms with Crippen LogP contribution in [0.25, 0.3) is 0 Å². The van der Waals surface area contributed by atoms with Crippen LogP contribution in [0, 0.1) is 5.92 Å². The molecule has 20 heavy (non-hydrogen) atoms. The molecule has 0 radical (unpaired) electrons. The van der Waals surface area contributed by atoms with Crippen LogP contribution in [0.3, 0.4) is 0 Å². The lowest BCUT2D eigenvalue weighted by atomic mass is 9.81. The van der Waals surface area contributed by atoms with Crippen molar-refractivity contribution in [3.8, 4) is 0 Å². The average Bonchev–Trinajstić information content (AvgIpc) is 2.44. The predicted molar refractivity (Wildman–Crippen MR) is 71.7 cm³/mol. The quantitative estimate of drug-likeness (QED) is 0.304. The van der Waals surface area contributed by atoms with E-state index in [0.717, 1.165) is 0 Å². The van der Waals surface area contributed by atoms with Crippen molar-refractivity contribution in [2.75, 3.05) is 13.2 Å². The second kappa shape index (κ2) is 8.04. The Balaban J connectivity index is 2.54. The summed E-state index contributed by atoms with van der Waals surface area (Å²) < 4.78 is 5.42. The van der Waals surface area contributed by atoms with Gasteiger partial charge < -0.3 is 36.0 Å². The summed E-state index contributed by atoms with van der Waals surface area (Å²) >= 11 is 0. The van der Waals surface area contributed by atoms with Gasteiger partial charge in [-0.3, -0.25) is 0 Å². The second-order valence-electron chi connectivity index (χ2n) is 5.20. The molecule has 2 unspecified atom stereocenters. The number of hydrogen-bond donors (Lipinski definition) is 6. The van der Waals surface area contributed by atoms with Gasteiger partial charge in [0, 0.05) is 12.5 Å². The SMILES string of the molecule is C/C=C/[C@@H](O)[C@@H](N)CO[C@@H]1CC(CO)[C@@H](O)[C@H](O)C1O. The highest BCUT2D eigenvalue weighted by Crippen LogP contribution is 2.27. The molecule has 0 spiro atoms. The maximum absolute atomic E-state index is 9.84. The van der Waals surface area contributed by atoms with Crippen molar-refractivity contribution in [3.05, 3.63) is 12.2 Å².